The molecule has 0 atom stereocenters. The Kier molecular flexibility index (Phi) is 7.61. The van der Waals surface area contributed by atoms with Gasteiger partial charge in [-0.25, -0.2) is 0 Å². The van der Waals surface area contributed by atoms with Crippen molar-refractivity contribution >= 4 is 34.8 Å². The van der Waals surface area contributed by atoms with Crippen LogP contribution in [0, 0.1) is 5.92 Å². The van der Waals surface area contributed by atoms with Crippen LogP contribution in [-0.4, -0.2) is 19.1 Å². The Balaban J connectivity index is 2.11. The highest BCUT2D eigenvalue weighted by Crippen LogP contribution is 2.33. The van der Waals surface area contributed by atoms with Crippen LogP contribution in [-0.2, 0) is 6.54 Å². The fourth-order valence-electron chi connectivity index (χ4n) is 2.42. The van der Waals surface area contributed by atoms with E-state index in [-0.39, 0.29) is 5.91 Å². The van der Waals surface area contributed by atoms with E-state index < -0.39 is 0 Å². The van der Waals surface area contributed by atoms with Gasteiger partial charge >= 0.3 is 0 Å². The maximum Gasteiger partial charge on any atom is 0.251 e. The van der Waals surface area contributed by atoms with Gasteiger partial charge in [0.15, 0.2) is 0 Å². The van der Waals surface area contributed by atoms with Crippen molar-refractivity contribution < 1.29 is 9.53 Å². The largest absolute Gasteiger partial charge is 0.492 e. The van der Waals surface area contributed by atoms with Crippen LogP contribution in [0.25, 0.3) is 0 Å². The van der Waals surface area contributed by atoms with Crippen LogP contribution in [0.15, 0.2) is 36.4 Å². The molecular formula is C20H24Cl2N2O2. The molecule has 0 aliphatic rings. The molecule has 0 radical (unpaired) electrons. The van der Waals surface area contributed by atoms with Crippen molar-refractivity contribution in [3.05, 3.63) is 57.6 Å². The molecule has 2 N–H and O–H groups in total. The maximum atomic E-state index is 12.2. The van der Waals surface area contributed by atoms with E-state index >= 15 is 0 Å². The van der Waals surface area contributed by atoms with Crippen molar-refractivity contribution in [2.45, 2.75) is 27.3 Å². The number of rotatable bonds is 8. The van der Waals surface area contributed by atoms with Crippen molar-refractivity contribution in [3.63, 3.8) is 0 Å². The molecule has 0 saturated carbocycles. The summed E-state index contributed by atoms with van der Waals surface area (Å²) in [5.74, 6) is 0.949. The minimum absolute atomic E-state index is 0.0804. The molecule has 0 spiro atoms. The third kappa shape index (κ3) is 5.82. The summed E-state index contributed by atoms with van der Waals surface area (Å²) in [6.07, 6.45) is 0. The monoisotopic (exact) mass is 394 g/mol. The zero-order valence-electron chi connectivity index (χ0n) is 15.2. The quantitative estimate of drug-likeness (QED) is 0.630. The van der Waals surface area contributed by atoms with Crippen LogP contribution in [0.4, 0.5) is 5.69 Å². The second kappa shape index (κ2) is 9.70. The van der Waals surface area contributed by atoms with Crippen molar-refractivity contribution in [1.29, 1.82) is 0 Å². The highest BCUT2D eigenvalue weighted by Gasteiger charge is 2.11. The standard InChI is InChI=1S/C20H24Cl2N2O2/c1-4-26-19-15(8-16(21)10-18(19)22)12-23-17-7-5-6-14(9-17)20(25)24-11-13(2)3/h5-10,13,23H,4,11-12H2,1-3H3,(H,24,25). The summed E-state index contributed by atoms with van der Waals surface area (Å²) in [6, 6.07) is 10.9. The third-order valence-corrected chi connectivity index (χ3v) is 4.15. The number of hydrogen-bond acceptors (Lipinski definition) is 3. The van der Waals surface area contributed by atoms with E-state index in [1.807, 2.05) is 31.2 Å². The van der Waals surface area contributed by atoms with Crippen molar-refractivity contribution in [2.75, 3.05) is 18.5 Å². The minimum Gasteiger partial charge on any atom is -0.492 e. The lowest BCUT2D eigenvalue weighted by Gasteiger charge is -2.14. The van der Waals surface area contributed by atoms with Crippen LogP contribution < -0.4 is 15.4 Å². The average Bonchev–Trinajstić information content (AvgIpc) is 2.60. The number of hydrogen-bond donors (Lipinski definition) is 2. The van der Waals surface area contributed by atoms with Gasteiger partial charge in [-0.2, -0.15) is 0 Å². The molecule has 0 aliphatic heterocycles. The minimum atomic E-state index is -0.0804. The van der Waals surface area contributed by atoms with Gasteiger partial charge in [0.05, 0.1) is 11.6 Å². The average molecular weight is 395 g/mol. The molecule has 0 fully saturated rings. The van der Waals surface area contributed by atoms with E-state index in [0.717, 1.165) is 11.3 Å². The number of ether oxygens (including phenoxy) is 1. The number of nitrogens with one attached hydrogen (secondary N) is 2. The highest BCUT2D eigenvalue weighted by molar-refractivity contribution is 6.35. The first-order chi connectivity index (χ1) is 12.4. The van der Waals surface area contributed by atoms with Gasteiger partial charge in [-0.05, 0) is 43.2 Å². The smallest absolute Gasteiger partial charge is 0.251 e. The lowest BCUT2D eigenvalue weighted by molar-refractivity contribution is 0.0949. The van der Waals surface area contributed by atoms with Gasteiger partial charge in [0.2, 0.25) is 0 Å². The molecule has 0 aromatic heterocycles. The summed E-state index contributed by atoms with van der Waals surface area (Å²) in [5.41, 5.74) is 2.31. The highest BCUT2D eigenvalue weighted by atomic mass is 35.5. The Morgan fingerprint density at radius 3 is 2.65 bits per heavy atom. The zero-order chi connectivity index (χ0) is 19.1. The van der Waals surface area contributed by atoms with E-state index in [0.29, 0.717) is 47.0 Å². The van der Waals surface area contributed by atoms with Crippen LogP contribution >= 0.6 is 23.2 Å². The molecule has 2 aromatic rings. The first kappa shape index (κ1) is 20.4. The summed E-state index contributed by atoms with van der Waals surface area (Å²) in [6.45, 7) is 7.66. The SMILES string of the molecule is CCOc1c(Cl)cc(Cl)cc1CNc1cccc(C(=O)NCC(C)C)c1. The van der Waals surface area contributed by atoms with Crippen molar-refractivity contribution in [1.82, 2.24) is 5.32 Å². The fourth-order valence-corrected chi connectivity index (χ4v) is 3.01. The van der Waals surface area contributed by atoms with Gasteiger partial charge in [-0.3, -0.25) is 4.79 Å². The van der Waals surface area contributed by atoms with Gasteiger partial charge in [0.25, 0.3) is 5.91 Å². The van der Waals surface area contributed by atoms with Crippen molar-refractivity contribution in [2.24, 2.45) is 5.92 Å². The Hall–Kier alpha value is -1.91. The summed E-state index contributed by atoms with van der Waals surface area (Å²) in [5, 5.41) is 7.25. The predicted octanol–water partition coefficient (Wildman–Crippen LogP) is 5.39. The maximum absolute atomic E-state index is 12.2. The van der Waals surface area contributed by atoms with E-state index in [4.69, 9.17) is 27.9 Å². The summed E-state index contributed by atoms with van der Waals surface area (Å²) < 4.78 is 5.63. The Morgan fingerprint density at radius 2 is 1.96 bits per heavy atom. The predicted molar refractivity (Wildman–Crippen MR) is 109 cm³/mol. The van der Waals surface area contributed by atoms with Crippen LogP contribution in [0.2, 0.25) is 10.0 Å². The molecule has 6 heteroatoms. The molecule has 2 rings (SSSR count). The van der Waals surface area contributed by atoms with E-state index in [1.54, 1.807) is 12.1 Å². The Morgan fingerprint density at radius 1 is 1.19 bits per heavy atom. The molecule has 0 bridgehead atoms. The number of halogens is 2. The van der Waals surface area contributed by atoms with Crippen LogP contribution in [0.1, 0.15) is 36.7 Å². The topological polar surface area (TPSA) is 50.4 Å². The lowest BCUT2D eigenvalue weighted by atomic mass is 10.1. The first-order valence-electron chi connectivity index (χ1n) is 8.63. The van der Waals surface area contributed by atoms with Gasteiger partial charge in [-0.15, -0.1) is 0 Å². The molecule has 0 aliphatic carbocycles. The number of carbonyl (C=O) groups excluding carboxylic acids is 1. The normalized spacial score (nSPS) is 10.7. The molecule has 26 heavy (non-hydrogen) atoms. The molecule has 140 valence electrons. The second-order valence-electron chi connectivity index (χ2n) is 6.35. The molecule has 4 nitrogen and oxygen atoms in total. The fraction of sp³-hybridized carbons (Fsp3) is 0.350. The van der Waals surface area contributed by atoms with Gasteiger partial charge < -0.3 is 15.4 Å². The van der Waals surface area contributed by atoms with E-state index in [1.165, 1.54) is 0 Å². The van der Waals surface area contributed by atoms with Crippen LogP contribution in [0.3, 0.4) is 0 Å². The summed E-state index contributed by atoms with van der Waals surface area (Å²) >= 11 is 12.3. The molecule has 1 amide bonds. The zero-order valence-corrected chi connectivity index (χ0v) is 16.7. The van der Waals surface area contributed by atoms with Crippen LogP contribution in [0.5, 0.6) is 5.75 Å². The number of anilines is 1. The van der Waals surface area contributed by atoms with E-state index in [9.17, 15) is 4.79 Å². The molecule has 0 saturated heterocycles. The number of carbonyl (C=O) groups is 1. The van der Waals surface area contributed by atoms with E-state index in [2.05, 4.69) is 24.5 Å². The first-order valence-corrected chi connectivity index (χ1v) is 9.39. The number of amides is 1. The summed E-state index contributed by atoms with van der Waals surface area (Å²) in [4.78, 5) is 12.2. The molecule has 0 unspecified atom stereocenters. The number of benzene rings is 2. The second-order valence-corrected chi connectivity index (χ2v) is 7.19. The van der Waals surface area contributed by atoms with Gasteiger partial charge in [0.1, 0.15) is 5.75 Å². The Labute approximate surface area is 164 Å². The lowest BCUT2D eigenvalue weighted by Crippen LogP contribution is -2.27. The molecule has 2 aromatic carbocycles. The van der Waals surface area contributed by atoms with Gasteiger partial charge in [0, 0.05) is 34.9 Å². The van der Waals surface area contributed by atoms with Gasteiger partial charge in [-0.1, -0.05) is 43.1 Å². The molecule has 0 heterocycles. The summed E-state index contributed by atoms with van der Waals surface area (Å²) in [7, 11) is 0. The third-order valence-electron chi connectivity index (χ3n) is 3.65. The Bertz CT molecular complexity index is 763. The van der Waals surface area contributed by atoms with Crippen molar-refractivity contribution in [3.8, 4) is 5.75 Å². The molecular weight excluding hydrogens is 371 g/mol.